The molecule has 0 saturated heterocycles. The van der Waals surface area contributed by atoms with Crippen molar-refractivity contribution in [2.24, 2.45) is 10.2 Å². The van der Waals surface area contributed by atoms with Crippen molar-refractivity contribution >= 4 is 11.9 Å². The van der Waals surface area contributed by atoms with Gasteiger partial charge in [-0.25, -0.2) is 0 Å². The summed E-state index contributed by atoms with van der Waals surface area (Å²) in [6, 6.07) is 3.99. The molecule has 0 saturated carbocycles. The number of rotatable bonds is 14. The fourth-order valence-electron chi connectivity index (χ4n) is 2.19. The molecule has 0 aliphatic rings. The van der Waals surface area contributed by atoms with Gasteiger partial charge in [0, 0.05) is 26.1 Å². The average molecular weight is 424 g/mol. The first kappa shape index (κ1) is 27.4. The van der Waals surface area contributed by atoms with Crippen molar-refractivity contribution in [2.75, 3.05) is 13.2 Å². The lowest BCUT2D eigenvalue weighted by molar-refractivity contribution is -0.175. The summed E-state index contributed by atoms with van der Waals surface area (Å²) in [5.74, 6) is -1.05. The largest absolute Gasteiger partial charge is 0.436 e. The van der Waals surface area contributed by atoms with Gasteiger partial charge >= 0.3 is 11.9 Å². The Hall–Kier alpha value is -2.56. The van der Waals surface area contributed by atoms with Crippen LogP contribution in [0, 0.1) is 22.7 Å². The summed E-state index contributed by atoms with van der Waals surface area (Å²) in [5, 5.41) is 26.9. The van der Waals surface area contributed by atoms with Crippen molar-refractivity contribution in [3.63, 3.8) is 0 Å². The quantitative estimate of drug-likeness (QED) is 0.234. The van der Waals surface area contributed by atoms with Gasteiger partial charge in [0.2, 0.25) is 0 Å². The van der Waals surface area contributed by atoms with Crippen LogP contribution in [0.5, 0.6) is 0 Å². The third-order valence-corrected chi connectivity index (χ3v) is 4.00. The number of azo groups is 1. The van der Waals surface area contributed by atoms with Crippen molar-refractivity contribution in [3.8, 4) is 12.1 Å². The number of esters is 2. The van der Waals surface area contributed by atoms with E-state index in [9.17, 15) is 20.1 Å². The Morgan fingerprint density at radius 1 is 0.833 bits per heavy atom. The smallest absolute Gasteiger partial charge is 0.308 e. The number of ether oxygens (including phenoxy) is 4. The maximum atomic E-state index is 11.9. The van der Waals surface area contributed by atoms with Gasteiger partial charge in [-0.05, 0) is 54.4 Å². The third kappa shape index (κ3) is 11.4. The molecule has 0 amide bonds. The van der Waals surface area contributed by atoms with Crippen LogP contribution >= 0.6 is 0 Å². The zero-order chi connectivity index (χ0) is 23.2. The molecule has 0 rings (SSSR count). The van der Waals surface area contributed by atoms with Crippen molar-refractivity contribution in [1.82, 2.24) is 0 Å². The van der Waals surface area contributed by atoms with Crippen molar-refractivity contribution in [3.05, 3.63) is 0 Å². The second-order valence-corrected chi connectivity index (χ2v) is 7.00. The third-order valence-electron chi connectivity index (χ3n) is 4.00. The van der Waals surface area contributed by atoms with Crippen LogP contribution in [0.15, 0.2) is 10.2 Å². The Kier molecular flexibility index (Phi) is 12.5. The second kappa shape index (κ2) is 13.6. The molecule has 4 unspecified atom stereocenters. The van der Waals surface area contributed by atoms with Crippen LogP contribution < -0.4 is 0 Å². The van der Waals surface area contributed by atoms with Crippen molar-refractivity contribution in [1.29, 1.82) is 10.5 Å². The minimum atomic E-state index is -1.32. The highest BCUT2D eigenvalue weighted by Crippen LogP contribution is 2.24. The van der Waals surface area contributed by atoms with Crippen LogP contribution in [-0.4, -0.2) is 48.8 Å². The summed E-state index contributed by atoms with van der Waals surface area (Å²) in [5.41, 5.74) is -2.65. The molecule has 0 radical (unpaired) electrons. The topological polar surface area (TPSA) is 143 Å². The van der Waals surface area contributed by atoms with Gasteiger partial charge in [0.1, 0.15) is 0 Å². The highest BCUT2D eigenvalue weighted by molar-refractivity contribution is 5.70. The monoisotopic (exact) mass is 424 g/mol. The molecule has 0 N–H and O–H groups in total. The fraction of sp³-hybridized carbons (Fsp3) is 0.800. The Morgan fingerprint density at radius 2 is 1.17 bits per heavy atom. The maximum Gasteiger partial charge on any atom is 0.308 e. The number of hydrogen-bond donors (Lipinski definition) is 0. The molecule has 0 aliphatic carbocycles. The minimum Gasteiger partial charge on any atom is -0.436 e. The van der Waals surface area contributed by atoms with Gasteiger partial charge in [0.15, 0.2) is 23.7 Å². The standard InChI is InChI=1S/C20H32N4O6/c1-7-27-15(3)29-17(25)9-11-19(5,13-21)23-24-20(6,14-22)12-10-18(26)30-16(4)28-8-2/h15-16H,7-12H2,1-6H3/b24-23-. The first-order valence-corrected chi connectivity index (χ1v) is 9.91. The maximum absolute atomic E-state index is 11.9. The molecule has 0 fully saturated rings. The summed E-state index contributed by atoms with van der Waals surface area (Å²) >= 11 is 0. The molecule has 0 heterocycles. The molecule has 0 aromatic rings. The molecule has 0 aliphatic heterocycles. The van der Waals surface area contributed by atoms with E-state index in [4.69, 9.17) is 18.9 Å². The van der Waals surface area contributed by atoms with Crippen LogP contribution in [0.2, 0.25) is 0 Å². The fourth-order valence-corrected chi connectivity index (χ4v) is 2.19. The lowest BCUT2D eigenvalue weighted by atomic mass is 9.97. The van der Waals surface area contributed by atoms with Gasteiger partial charge in [-0.3, -0.25) is 9.59 Å². The number of nitriles is 2. The van der Waals surface area contributed by atoms with Gasteiger partial charge in [0.05, 0.1) is 12.1 Å². The van der Waals surface area contributed by atoms with E-state index >= 15 is 0 Å². The highest BCUT2D eigenvalue weighted by atomic mass is 16.7. The first-order valence-electron chi connectivity index (χ1n) is 9.91. The van der Waals surface area contributed by atoms with Crippen LogP contribution in [-0.2, 0) is 28.5 Å². The van der Waals surface area contributed by atoms with E-state index in [1.54, 1.807) is 27.7 Å². The Labute approximate surface area is 178 Å². The van der Waals surface area contributed by atoms with Gasteiger partial charge < -0.3 is 18.9 Å². The molecule has 0 spiro atoms. The SMILES string of the molecule is CCOC(C)OC(=O)CCC(C)(C#N)/N=N\C(C)(C#N)CCC(=O)OC(C)OCC. The molecule has 4 atom stereocenters. The minimum absolute atomic E-state index is 0.0557. The molecule has 30 heavy (non-hydrogen) atoms. The van der Waals surface area contributed by atoms with E-state index in [2.05, 4.69) is 10.2 Å². The van der Waals surface area contributed by atoms with Crippen LogP contribution in [0.4, 0.5) is 0 Å². The summed E-state index contributed by atoms with van der Waals surface area (Å²) < 4.78 is 20.4. The van der Waals surface area contributed by atoms with Crippen LogP contribution in [0.3, 0.4) is 0 Å². The molecule has 0 bridgehead atoms. The summed E-state index contributed by atoms with van der Waals surface area (Å²) in [6.07, 6.45) is -1.37. The Morgan fingerprint density at radius 3 is 1.43 bits per heavy atom. The van der Waals surface area contributed by atoms with E-state index in [1.807, 2.05) is 12.1 Å². The Balaban J connectivity index is 4.85. The molecule has 0 aromatic carbocycles. The van der Waals surface area contributed by atoms with E-state index in [1.165, 1.54) is 13.8 Å². The first-order chi connectivity index (χ1) is 14.0. The lowest BCUT2D eigenvalue weighted by Crippen LogP contribution is -2.27. The summed E-state index contributed by atoms with van der Waals surface area (Å²) in [7, 11) is 0. The Bertz CT molecular complexity index is 615. The van der Waals surface area contributed by atoms with E-state index in [0.717, 1.165) is 0 Å². The van der Waals surface area contributed by atoms with E-state index < -0.39 is 35.6 Å². The van der Waals surface area contributed by atoms with Gasteiger partial charge in [-0.1, -0.05) is 0 Å². The number of carbonyl (C=O) groups excluding carboxylic acids is 2. The molecule has 10 nitrogen and oxygen atoms in total. The second-order valence-electron chi connectivity index (χ2n) is 7.00. The normalized spacial score (nSPS) is 17.1. The predicted octanol–water partition coefficient (Wildman–Crippen LogP) is 3.41. The van der Waals surface area contributed by atoms with Gasteiger partial charge in [-0.2, -0.15) is 20.8 Å². The molecule has 10 heteroatoms. The van der Waals surface area contributed by atoms with Crippen molar-refractivity contribution < 1.29 is 28.5 Å². The highest BCUT2D eigenvalue weighted by Gasteiger charge is 2.30. The zero-order valence-electron chi connectivity index (χ0n) is 18.6. The number of nitrogens with zero attached hydrogens (tertiary/aromatic N) is 4. The molecule has 0 aromatic heterocycles. The predicted molar refractivity (Wildman–Crippen MR) is 106 cm³/mol. The van der Waals surface area contributed by atoms with Crippen LogP contribution in [0.1, 0.15) is 67.2 Å². The van der Waals surface area contributed by atoms with Gasteiger partial charge in [-0.15, -0.1) is 0 Å². The molecular weight excluding hydrogens is 392 g/mol. The van der Waals surface area contributed by atoms with E-state index in [-0.39, 0.29) is 25.7 Å². The lowest BCUT2D eigenvalue weighted by Gasteiger charge is -2.20. The number of carbonyl (C=O) groups is 2. The zero-order valence-corrected chi connectivity index (χ0v) is 18.6. The van der Waals surface area contributed by atoms with Crippen LogP contribution in [0.25, 0.3) is 0 Å². The molecule has 168 valence electrons. The van der Waals surface area contributed by atoms with Gasteiger partial charge in [0.25, 0.3) is 0 Å². The van der Waals surface area contributed by atoms with Crippen molar-refractivity contribution in [2.45, 2.75) is 90.9 Å². The van der Waals surface area contributed by atoms with E-state index in [0.29, 0.717) is 13.2 Å². The summed E-state index contributed by atoms with van der Waals surface area (Å²) in [6.45, 7) is 10.6. The molecular formula is C20H32N4O6. The summed E-state index contributed by atoms with van der Waals surface area (Å²) in [4.78, 5) is 23.7. The average Bonchev–Trinajstić information content (AvgIpc) is 2.69. The number of hydrogen-bond acceptors (Lipinski definition) is 10.